The minimum atomic E-state index is -0.295. The van der Waals surface area contributed by atoms with Gasteiger partial charge in [0.1, 0.15) is 17.3 Å². The number of benzene rings is 1. The second kappa shape index (κ2) is 6.35. The lowest BCUT2D eigenvalue weighted by Gasteiger charge is -2.13. The van der Waals surface area contributed by atoms with E-state index in [2.05, 4.69) is 5.16 Å². The van der Waals surface area contributed by atoms with Gasteiger partial charge in [-0.05, 0) is 37.1 Å². The number of rotatable bonds is 4. The third-order valence-corrected chi connectivity index (χ3v) is 3.09. The molecular formula is C16H17FN2O2. The number of carbonyl (C=O) groups is 1. The van der Waals surface area contributed by atoms with Gasteiger partial charge >= 0.3 is 0 Å². The summed E-state index contributed by atoms with van der Waals surface area (Å²) in [6.07, 6.45) is 1.53. The molecule has 0 fully saturated rings. The highest BCUT2D eigenvalue weighted by Crippen LogP contribution is 2.15. The lowest BCUT2D eigenvalue weighted by molar-refractivity contribution is -0.125. The van der Waals surface area contributed by atoms with Crippen molar-refractivity contribution in [1.82, 2.24) is 10.1 Å². The first kappa shape index (κ1) is 15.0. The fourth-order valence-corrected chi connectivity index (χ4v) is 1.90. The molecule has 5 heteroatoms. The Morgan fingerprint density at radius 1 is 1.38 bits per heavy atom. The van der Waals surface area contributed by atoms with Crippen LogP contribution in [0.5, 0.6) is 0 Å². The van der Waals surface area contributed by atoms with Crippen LogP contribution < -0.4 is 0 Å². The summed E-state index contributed by atoms with van der Waals surface area (Å²) in [5.74, 6) is 0.276. The van der Waals surface area contributed by atoms with Crippen LogP contribution in [0, 0.1) is 12.7 Å². The molecule has 0 saturated carbocycles. The van der Waals surface area contributed by atoms with Crippen LogP contribution in [0.25, 0.3) is 5.57 Å². The van der Waals surface area contributed by atoms with Crippen LogP contribution >= 0.6 is 0 Å². The molecule has 1 aromatic heterocycles. The van der Waals surface area contributed by atoms with Gasteiger partial charge in [0.25, 0.3) is 0 Å². The predicted octanol–water partition coefficient (Wildman–Crippen LogP) is 3.18. The topological polar surface area (TPSA) is 46.3 Å². The van der Waals surface area contributed by atoms with Crippen LogP contribution in [0.15, 0.2) is 40.9 Å². The van der Waals surface area contributed by atoms with Crippen LogP contribution in [0.4, 0.5) is 4.39 Å². The molecule has 0 aliphatic carbocycles. The van der Waals surface area contributed by atoms with E-state index in [4.69, 9.17) is 4.52 Å². The summed E-state index contributed by atoms with van der Waals surface area (Å²) in [5, 5.41) is 3.85. The van der Waals surface area contributed by atoms with Gasteiger partial charge in [-0.1, -0.05) is 17.3 Å². The Bertz CT molecular complexity index is 659. The number of carbonyl (C=O) groups excluding carboxylic acids is 1. The van der Waals surface area contributed by atoms with Gasteiger partial charge in [0.05, 0.1) is 6.54 Å². The van der Waals surface area contributed by atoms with Crippen molar-refractivity contribution >= 4 is 11.5 Å². The Hall–Kier alpha value is -2.43. The molecule has 110 valence electrons. The van der Waals surface area contributed by atoms with Crippen molar-refractivity contribution in [2.75, 3.05) is 7.05 Å². The second-order valence-corrected chi connectivity index (χ2v) is 4.96. The molecule has 0 aliphatic rings. The van der Waals surface area contributed by atoms with Gasteiger partial charge in [-0.3, -0.25) is 4.79 Å². The molecule has 2 rings (SSSR count). The molecule has 0 unspecified atom stereocenters. The highest BCUT2D eigenvalue weighted by atomic mass is 19.1. The van der Waals surface area contributed by atoms with Crippen molar-refractivity contribution in [1.29, 1.82) is 0 Å². The third-order valence-electron chi connectivity index (χ3n) is 3.09. The number of aromatic nitrogens is 1. The number of allylic oxidation sites excluding steroid dienone is 1. The molecule has 1 heterocycles. The van der Waals surface area contributed by atoms with E-state index in [0.29, 0.717) is 18.0 Å². The maximum atomic E-state index is 12.9. The molecule has 1 amide bonds. The van der Waals surface area contributed by atoms with E-state index in [-0.39, 0.29) is 11.7 Å². The zero-order chi connectivity index (χ0) is 15.4. The molecule has 21 heavy (non-hydrogen) atoms. The quantitative estimate of drug-likeness (QED) is 0.812. The highest BCUT2D eigenvalue weighted by Gasteiger charge is 2.10. The Morgan fingerprint density at radius 3 is 2.62 bits per heavy atom. The maximum absolute atomic E-state index is 12.9. The molecule has 0 radical (unpaired) electrons. The fourth-order valence-electron chi connectivity index (χ4n) is 1.90. The molecule has 0 spiro atoms. The van der Waals surface area contributed by atoms with E-state index in [0.717, 1.165) is 11.1 Å². The summed E-state index contributed by atoms with van der Waals surface area (Å²) in [7, 11) is 1.70. The Balaban J connectivity index is 2.05. The van der Waals surface area contributed by atoms with Crippen LogP contribution in [0.3, 0.4) is 0 Å². The number of hydrogen-bond donors (Lipinski definition) is 0. The summed E-state index contributed by atoms with van der Waals surface area (Å²) >= 11 is 0. The summed E-state index contributed by atoms with van der Waals surface area (Å²) in [6, 6.07) is 7.84. The van der Waals surface area contributed by atoms with Gasteiger partial charge in [0.2, 0.25) is 5.91 Å². The predicted molar refractivity (Wildman–Crippen MR) is 77.8 cm³/mol. The Kier molecular flexibility index (Phi) is 4.52. The maximum Gasteiger partial charge on any atom is 0.246 e. The van der Waals surface area contributed by atoms with Crippen LogP contribution in [-0.4, -0.2) is 23.0 Å². The number of halogens is 1. The average Bonchev–Trinajstić information content (AvgIpc) is 2.84. The van der Waals surface area contributed by atoms with Gasteiger partial charge in [-0.15, -0.1) is 0 Å². The van der Waals surface area contributed by atoms with Crippen LogP contribution in [0.1, 0.15) is 23.9 Å². The second-order valence-electron chi connectivity index (χ2n) is 4.96. The fraction of sp³-hybridized carbons (Fsp3) is 0.250. The molecule has 0 saturated heterocycles. The Labute approximate surface area is 122 Å². The number of nitrogens with zero attached hydrogens (tertiary/aromatic N) is 2. The zero-order valence-corrected chi connectivity index (χ0v) is 12.3. The number of amides is 1. The van der Waals surface area contributed by atoms with Crippen LogP contribution in [0.2, 0.25) is 0 Å². The summed E-state index contributed by atoms with van der Waals surface area (Å²) < 4.78 is 17.8. The lowest BCUT2D eigenvalue weighted by Crippen LogP contribution is -2.24. The minimum Gasteiger partial charge on any atom is -0.361 e. The van der Waals surface area contributed by atoms with E-state index in [9.17, 15) is 9.18 Å². The van der Waals surface area contributed by atoms with E-state index in [1.54, 1.807) is 37.1 Å². The van der Waals surface area contributed by atoms with Gasteiger partial charge in [-0.2, -0.15) is 0 Å². The summed E-state index contributed by atoms with van der Waals surface area (Å²) in [5.41, 5.74) is 2.30. The highest BCUT2D eigenvalue weighted by molar-refractivity contribution is 5.94. The van der Waals surface area contributed by atoms with Crippen molar-refractivity contribution in [3.63, 3.8) is 0 Å². The number of likely N-dealkylation sites (N-methyl/N-ethyl adjacent to an activating group) is 1. The van der Waals surface area contributed by atoms with Crippen molar-refractivity contribution in [2.24, 2.45) is 0 Å². The van der Waals surface area contributed by atoms with Crippen molar-refractivity contribution in [3.05, 3.63) is 59.2 Å². The molecule has 0 aliphatic heterocycles. The third kappa shape index (κ3) is 4.02. The number of hydrogen-bond acceptors (Lipinski definition) is 3. The van der Waals surface area contributed by atoms with Crippen molar-refractivity contribution in [2.45, 2.75) is 20.4 Å². The normalized spacial score (nSPS) is 11.5. The van der Waals surface area contributed by atoms with Gasteiger partial charge in [-0.25, -0.2) is 4.39 Å². The first-order valence-electron chi connectivity index (χ1n) is 6.57. The average molecular weight is 288 g/mol. The molecule has 2 aromatic rings. The van der Waals surface area contributed by atoms with Gasteiger partial charge < -0.3 is 9.42 Å². The lowest BCUT2D eigenvalue weighted by atomic mass is 10.1. The first-order valence-corrected chi connectivity index (χ1v) is 6.57. The monoisotopic (exact) mass is 288 g/mol. The molecule has 4 nitrogen and oxygen atoms in total. The zero-order valence-electron chi connectivity index (χ0n) is 12.3. The Morgan fingerprint density at radius 2 is 2.05 bits per heavy atom. The molecular weight excluding hydrogens is 271 g/mol. The molecule has 0 N–H and O–H groups in total. The molecule has 0 bridgehead atoms. The molecule has 1 aromatic carbocycles. The summed E-state index contributed by atoms with van der Waals surface area (Å²) in [6.45, 7) is 4.00. The van der Waals surface area contributed by atoms with E-state index >= 15 is 0 Å². The first-order chi connectivity index (χ1) is 9.95. The summed E-state index contributed by atoms with van der Waals surface area (Å²) in [4.78, 5) is 13.7. The number of aryl methyl sites for hydroxylation is 1. The van der Waals surface area contributed by atoms with Crippen LogP contribution in [-0.2, 0) is 11.3 Å². The largest absolute Gasteiger partial charge is 0.361 e. The van der Waals surface area contributed by atoms with Gasteiger partial charge in [0, 0.05) is 19.2 Å². The van der Waals surface area contributed by atoms with Crippen molar-refractivity contribution < 1.29 is 13.7 Å². The van der Waals surface area contributed by atoms with Crippen molar-refractivity contribution in [3.8, 4) is 0 Å². The van der Waals surface area contributed by atoms with Gasteiger partial charge in [0.15, 0.2) is 0 Å². The van der Waals surface area contributed by atoms with E-state index < -0.39 is 0 Å². The standard InChI is InChI=1S/C16H17FN2O2/c1-11(13-4-6-14(17)7-5-13)8-16(20)19(3)10-15-9-12(2)21-18-15/h4-9H,10H2,1-3H3/b11-8-. The van der Waals surface area contributed by atoms with E-state index in [1.165, 1.54) is 18.2 Å². The molecule has 0 atom stereocenters. The van der Waals surface area contributed by atoms with E-state index in [1.807, 2.05) is 6.92 Å². The smallest absolute Gasteiger partial charge is 0.246 e. The minimum absolute atomic E-state index is 0.141. The SMILES string of the molecule is C/C(=C/C(=O)N(C)Cc1cc(C)on1)c1ccc(F)cc1.